The van der Waals surface area contributed by atoms with E-state index < -0.39 is 6.10 Å². The van der Waals surface area contributed by atoms with Crippen LogP contribution in [0.15, 0.2) is 16.8 Å². The van der Waals surface area contributed by atoms with Gasteiger partial charge < -0.3 is 9.84 Å². The molecule has 0 spiro atoms. The molecule has 0 aliphatic heterocycles. The van der Waals surface area contributed by atoms with Crippen LogP contribution in [0.2, 0.25) is 0 Å². The van der Waals surface area contributed by atoms with Gasteiger partial charge in [0.2, 0.25) is 0 Å². The Morgan fingerprint density at radius 2 is 2.00 bits per heavy atom. The van der Waals surface area contributed by atoms with Crippen molar-refractivity contribution in [2.24, 2.45) is 5.41 Å². The maximum atomic E-state index is 10.5. The molecule has 0 saturated heterocycles. The summed E-state index contributed by atoms with van der Waals surface area (Å²) in [4.78, 5) is 0. The van der Waals surface area contributed by atoms with Crippen LogP contribution in [0, 0.1) is 5.41 Å². The normalized spacial score (nSPS) is 23.8. The summed E-state index contributed by atoms with van der Waals surface area (Å²) in [6, 6.07) is 2.09. The van der Waals surface area contributed by atoms with E-state index in [0.29, 0.717) is 11.8 Å². The lowest BCUT2D eigenvalue weighted by Crippen LogP contribution is -2.49. The summed E-state index contributed by atoms with van der Waals surface area (Å²) < 4.78 is 5.74. The predicted molar refractivity (Wildman–Crippen MR) is 76.0 cm³/mol. The van der Waals surface area contributed by atoms with E-state index in [-0.39, 0.29) is 5.60 Å². The van der Waals surface area contributed by atoms with Gasteiger partial charge in [-0.1, -0.05) is 13.8 Å². The molecule has 1 aliphatic rings. The smallest absolute Gasteiger partial charge is 0.0940 e. The first-order chi connectivity index (χ1) is 8.47. The zero-order valence-electron chi connectivity index (χ0n) is 11.6. The van der Waals surface area contributed by atoms with E-state index >= 15 is 0 Å². The second-order valence-electron chi connectivity index (χ2n) is 6.28. The number of rotatable bonds is 4. The third kappa shape index (κ3) is 2.95. The fourth-order valence-electron chi connectivity index (χ4n) is 2.84. The molecule has 3 heteroatoms. The fourth-order valence-corrected chi connectivity index (χ4v) is 3.52. The summed E-state index contributed by atoms with van der Waals surface area (Å²) in [5.41, 5.74) is 1.27. The van der Waals surface area contributed by atoms with Crippen molar-refractivity contribution in [1.82, 2.24) is 0 Å². The predicted octanol–water partition coefficient (Wildman–Crippen LogP) is 3.64. The number of methoxy groups -OCH3 is 1. The van der Waals surface area contributed by atoms with Crippen LogP contribution in [0.4, 0.5) is 0 Å². The minimum absolute atomic E-state index is 0.336. The van der Waals surface area contributed by atoms with Crippen molar-refractivity contribution in [2.75, 3.05) is 7.11 Å². The Morgan fingerprint density at radius 1 is 1.33 bits per heavy atom. The highest BCUT2D eigenvalue weighted by Gasteiger charge is 2.43. The van der Waals surface area contributed by atoms with E-state index in [2.05, 4.69) is 30.7 Å². The summed E-state index contributed by atoms with van der Waals surface area (Å²) in [5, 5.41) is 14.7. The number of thiophene rings is 1. The van der Waals surface area contributed by atoms with E-state index in [1.807, 2.05) is 0 Å². The van der Waals surface area contributed by atoms with E-state index in [4.69, 9.17) is 4.74 Å². The van der Waals surface area contributed by atoms with Crippen LogP contribution in [-0.2, 0) is 11.2 Å². The molecule has 2 rings (SSSR count). The molecule has 1 saturated carbocycles. The van der Waals surface area contributed by atoms with E-state index in [1.165, 1.54) is 5.56 Å². The lowest BCUT2D eigenvalue weighted by Gasteiger charge is -2.45. The highest BCUT2D eigenvalue weighted by atomic mass is 32.1. The van der Waals surface area contributed by atoms with Crippen LogP contribution >= 0.6 is 11.3 Å². The largest absolute Gasteiger partial charge is 0.390 e. The van der Waals surface area contributed by atoms with Gasteiger partial charge in [-0.15, -0.1) is 0 Å². The van der Waals surface area contributed by atoms with Crippen LogP contribution in [0.5, 0.6) is 0 Å². The van der Waals surface area contributed by atoms with Gasteiger partial charge in [0, 0.05) is 13.5 Å². The van der Waals surface area contributed by atoms with Gasteiger partial charge in [0.05, 0.1) is 11.7 Å². The monoisotopic (exact) mass is 268 g/mol. The molecule has 0 amide bonds. The first-order valence-electron chi connectivity index (χ1n) is 6.72. The van der Waals surface area contributed by atoms with Gasteiger partial charge in [0.25, 0.3) is 0 Å². The molecule has 1 fully saturated rings. The van der Waals surface area contributed by atoms with Crippen LogP contribution in [0.1, 0.15) is 45.1 Å². The highest BCUT2D eigenvalue weighted by Crippen LogP contribution is 2.43. The van der Waals surface area contributed by atoms with E-state index in [1.54, 1.807) is 18.4 Å². The fraction of sp³-hybridized carbons (Fsp3) is 0.733. The molecule has 0 aromatic carbocycles. The number of aliphatic hydroxyl groups excluding tert-OH is 1. The van der Waals surface area contributed by atoms with Gasteiger partial charge in [-0.05, 0) is 53.5 Å². The molecular weight excluding hydrogens is 244 g/mol. The van der Waals surface area contributed by atoms with Crippen molar-refractivity contribution in [3.63, 3.8) is 0 Å². The number of hydrogen-bond donors (Lipinski definition) is 1. The highest BCUT2D eigenvalue weighted by molar-refractivity contribution is 7.07. The number of ether oxygens (including phenoxy) is 1. The summed E-state index contributed by atoms with van der Waals surface area (Å²) in [7, 11) is 1.75. The van der Waals surface area contributed by atoms with Crippen LogP contribution in [0.3, 0.4) is 0 Å². The van der Waals surface area contributed by atoms with Gasteiger partial charge >= 0.3 is 0 Å². The van der Waals surface area contributed by atoms with E-state index in [9.17, 15) is 5.11 Å². The Hall–Kier alpha value is -0.380. The second kappa shape index (κ2) is 5.32. The number of hydrogen-bond acceptors (Lipinski definition) is 3. The molecule has 1 atom stereocenters. The molecule has 0 radical (unpaired) electrons. The Bertz CT molecular complexity index is 360. The average Bonchev–Trinajstić information content (AvgIpc) is 2.82. The third-order valence-corrected chi connectivity index (χ3v) is 5.20. The van der Waals surface area contributed by atoms with Crippen LogP contribution < -0.4 is 0 Å². The van der Waals surface area contributed by atoms with Gasteiger partial charge in [-0.3, -0.25) is 0 Å². The summed E-state index contributed by atoms with van der Waals surface area (Å²) in [6.07, 6.45) is 4.48. The molecule has 1 N–H and O–H groups in total. The Kier molecular flexibility index (Phi) is 4.15. The molecule has 1 heterocycles. The van der Waals surface area contributed by atoms with Crippen molar-refractivity contribution in [2.45, 2.75) is 57.7 Å². The van der Waals surface area contributed by atoms with Crippen LogP contribution in [0.25, 0.3) is 0 Å². The van der Waals surface area contributed by atoms with Crippen molar-refractivity contribution in [3.8, 4) is 0 Å². The second-order valence-corrected chi connectivity index (χ2v) is 7.06. The average molecular weight is 268 g/mol. The van der Waals surface area contributed by atoms with Crippen LogP contribution in [-0.4, -0.2) is 23.9 Å². The SMILES string of the molecule is COC1(C(O)Cc2ccsc2)CCC(C)(C)CC1. The zero-order chi connectivity index (χ0) is 13.2. The van der Waals surface area contributed by atoms with Gasteiger partial charge in [-0.25, -0.2) is 0 Å². The quantitative estimate of drug-likeness (QED) is 0.903. The molecule has 18 heavy (non-hydrogen) atoms. The topological polar surface area (TPSA) is 29.5 Å². The first-order valence-corrected chi connectivity index (χ1v) is 7.66. The minimum atomic E-state index is -0.395. The van der Waals surface area contributed by atoms with Crippen molar-refractivity contribution >= 4 is 11.3 Å². The summed E-state index contributed by atoms with van der Waals surface area (Å²) >= 11 is 1.68. The summed E-state index contributed by atoms with van der Waals surface area (Å²) in [6.45, 7) is 4.61. The van der Waals surface area contributed by atoms with E-state index in [0.717, 1.165) is 25.7 Å². The first kappa shape index (κ1) is 14.0. The molecule has 1 aromatic rings. The molecule has 1 aromatic heterocycles. The minimum Gasteiger partial charge on any atom is -0.390 e. The zero-order valence-corrected chi connectivity index (χ0v) is 12.4. The molecular formula is C15H24O2S. The van der Waals surface area contributed by atoms with Crippen molar-refractivity contribution in [1.29, 1.82) is 0 Å². The molecule has 102 valence electrons. The third-order valence-electron chi connectivity index (χ3n) is 4.47. The Labute approximate surface area is 114 Å². The summed E-state index contributed by atoms with van der Waals surface area (Å²) in [5.74, 6) is 0. The molecule has 2 nitrogen and oxygen atoms in total. The van der Waals surface area contributed by atoms with Gasteiger partial charge in [0.15, 0.2) is 0 Å². The maximum Gasteiger partial charge on any atom is 0.0940 e. The van der Waals surface area contributed by atoms with Gasteiger partial charge in [0.1, 0.15) is 0 Å². The Balaban J connectivity index is 2.03. The number of aliphatic hydroxyl groups is 1. The Morgan fingerprint density at radius 3 is 2.50 bits per heavy atom. The maximum absolute atomic E-state index is 10.5. The molecule has 1 unspecified atom stereocenters. The van der Waals surface area contributed by atoms with Crippen molar-refractivity contribution in [3.05, 3.63) is 22.4 Å². The van der Waals surface area contributed by atoms with Crippen molar-refractivity contribution < 1.29 is 9.84 Å². The van der Waals surface area contributed by atoms with Gasteiger partial charge in [-0.2, -0.15) is 11.3 Å². The standard InChI is InChI=1S/C15H24O2S/c1-14(2)5-7-15(17-3,8-6-14)13(16)10-12-4-9-18-11-12/h4,9,11,13,16H,5-8,10H2,1-3H3. The lowest BCUT2D eigenvalue weighted by atomic mass is 9.68. The lowest BCUT2D eigenvalue weighted by molar-refractivity contribution is -0.135. The molecule has 0 bridgehead atoms. The molecule has 1 aliphatic carbocycles.